The van der Waals surface area contributed by atoms with Crippen LogP contribution in [0.3, 0.4) is 0 Å². The number of hydrogen-bond acceptors (Lipinski definition) is 5. The molecular formula is C18H11Cl2N3O2S. The Morgan fingerprint density at radius 3 is 2.92 bits per heavy atom. The number of benzene rings is 1. The van der Waals surface area contributed by atoms with Gasteiger partial charge < -0.3 is 4.42 Å². The molecule has 130 valence electrons. The van der Waals surface area contributed by atoms with Crippen LogP contribution in [-0.2, 0) is 11.2 Å². The van der Waals surface area contributed by atoms with Gasteiger partial charge in [-0.2, -0.15) is 5.26 Å². The number of furan rings is 1. The van der Waals surface area contributed by atoms with Crippen molar-refractivity contribution in [3.8, 4) is 6.07 Å². The molecule has 0 aliphatic heterocycles. The van der Waals surface area contributed by atoms with Crippen molar-refractivity contribution < 1.29 is 9.21 Å². The van der Waals surface area contributed by atoms with Gasteiger partial charge in [-0.3, -0.25) is 10.1 Å². The largest absolute Gasteiger partial charge is 0.465 e. The van der Waals surface area contributed by atoms with Crippen LogP contribution in [0.5, 0.6) is 0 Å². The minimum atomic E-state index is -0.550. The van der Waals surface area contributed by atoms with Gasteiger partial charge in [0, 0.05) is 23.6 Å². The number of hydrogen-bond donors (Lipinski definition) is 1. The molecule has 26 heavy (non-hydrogen) atoms. The Bertz CT molecular complexity index is 1000. The quantitative estimate of drug-likeness (QED) is 0.470. The van der Waals surface area contributed by atoms with Crippen LogP contribution in [0.2, 0.25) is 10.0 Å². The number of anilines is 1. The molecular weight excluding hydrogens is 393 g/mol. The molecule has 0 aliphatic rings. The summed E-state index contributed by atoms with van der Waals surface area (Å²) in [6.45, 7) is 0. The molecule has 0 unspecified atom stereocenters. The number of nitrogens with one attached hydrogen (secondary N) is 1. The van der Waals surface area contributed by atoms with Crippen molar-refractivity contribution >= 4 is 51.7 Å². The summed E-state index contributed by atoms with van der Waals surface area (Å²) in [4.78, 5) is 17.3. The molecule has 8 heteroatoms. The zero-order chi connectivity index (χ0) is 18.5. The Hall–Kier alpha value is -2.59. The van der Waals surface area contributed by atoms with Gasteiger partial charge in [0.2, 0.25) is 0 Å². The highest BCUT2D eigenvalue weighted by molar-refractivity contribution is 7.15. The van der Waals surface area contributed by atoms with E-state index in [4.69, 9.17) is 32.9 Å². The first kappa shape index (κ1) is 18.2. The first-order valence-electron chi connectivity index (χ1n) is 7.41. The predicted molar refractivity (Wildman–Crippen MR) is 102 cm³/mol. The summed E-state index contributed by atoms with van der Waals surface area (Å²) in [6.07, 6.45) is 5.03. The maximum absolute atomic E-state index is 12.2. The normalized spacial score (nSPS) is 11.2. The second-order valence-corrected chi connectivity index (χ2v) is 7.06. The Labute approximate surface area is 163 Å². The molecule has 0 aliphatic carbocycles. The number of aromatic nitrogens is 1. The predicted octanol–water partition coefficient (Wildman–Crippen LogP) is 5.18. The van der Waals surface area contributed by atoms with Gasteiger partial charge in [-0.25, -0.2) is 4.98 Å². The molecule has 3 rings (SSSR count). The fourth-order valence-electron chi connectivity index (χ4n) is 2.15. The van der Waals surface area contributed by atoms with Gasteiger partial charge in [0.25, 0.3) is 5.91 Å². The summed E-state index contributed by atoms with van der Waals surface area (Å²) in [5.74, 6) is -0.127. The number of rotatable bonds is 5. The lowest BCUT2D eigenvalue weighted by molar-refractivity contribution is -0.112. The third-order valence-corrected chi connectivity index (χ3v) is 5.14. The van der Waals surface area contributed by atoms with Crippen LogP contribution in [-0.4, -0.2) is 10.9 Å². The fourth-order valence-corrected chi connectivity index (χ4v) is 3.37. The van der Waals surface area contributed by atoms with Crippen LogP contribution in [0.4, 0.5) is 5.13 Å². The Morgan fingerprint density at radius 2 is 2.19 bits per heavy atom. The van der Waals surface area contributed by atoms with Crippen LogP contribution in [0.25, 0.3) is 6.08 Å². The molecule has 0 radical (unpaired) electrons. The van der Waals surface area contributed by atoms with Gasteiger partial charge in [-0.15, -0.1) is 11.3 Å². The molecule has 3 aromatic rings. The van der Waals surface area contributed by atoms with Crippen molar-refractivity contribution in [2.24, 2.45) is 0 Å². The van der Waals surface area contributed by atoms with Gasteiger partial charge in [0.1, 0.15) is 17.4 Å². The van der Waals surface area contributed by atoms with Crippen molar-refractivity contribution in [1.29, 1.82) is 5.26 Å². The van der Waals surface area contributed by atoms with Crippen molar-refractivity contribution in [2.45, 2.75) is 6.42 Å². The molecule has 0 saturated carbocycles. The Kier molecular flexibility index (Phi) is 5.74. The zero-order valence-corrected chi connectivity index (χ0v) is 15.5. The second-order valence-electron chi connectivity index (χ2n) is 5.16. The summed E-state index contributed by atoms with van der Waals surface area (Å²) in [5.41, 5.74) is 0.797. The topological polar surface area (TPSA) is 78.9 Å². The molecule has 1 amide bonds. The molecule has 0 fully saturated rings. The third kappa shape index (κ3) is 4.33. The van der Waals surface area contributed by atoms with E-state index in [0.29, 0.717) is 27.4 Å². The number of thiazole rings is 1. The van der Waals surface area contributed by atoms with E-state index in [1.807, 2.05) is 18.2 Å². The van der Waals surface area contributed by atoms with Gasteiger partial charge >= 0.3 is 0 Å². The van der Waals surface area contributed by atoms with Gasteiger partial charge in [0.15, 0.2) is 5.13 Å². The number of amides is 1. The van der Waals surface area contributed by atoms with Crippen LogP contribution >= 0.6 is 34.5 Å². The van der Waals surface area contributed by atoms with Crippen LogP contribution in [0, 0.1) is 11.3 Å². The van der Waals surface area contributed by atoms with E-state index >= 15 is 0 Å². The van der Waals surface area contributed by atoms with E-state index in [0.717, 1.165) is 10.4 Å². The van der Waals surface area contributed by atoms with Crippen LogP contribution in [0.15, 0.2) is 52.8 Å². The van der Waals surface area contributed by atoms with Crippen LogP contribution < -0.4 is 5.32 Å². The summed E-state index contributed by atoms with van der Waals surface area (Å²) >= 11 is 13.5. The lowest BCUT2D eigenvalue weighted by Crippen LogP contribution is -2.13. The summed E-state index contributed by atoms with van der Waals surface area (Å²) < 4.78 is 5.11. The average Bonchev–Trinajstić information content (AvgIpc) is 3.29. The first-order chi connectivity index (χ1) is 12.6. The minimum Gasteiger partial charge on any atom is -0.465 e. The van der Waals surface area contributed by atoms with Crippen molar-refractivity contribution in [1.82, 2.24) is 4.98 Å². The van der Waals surface area contributed by atoms with E-state index in [-0.39, 0.29) is 5.57 Å². The molecule has 2 aromatic heterocycles. The lowest BCUT2D eigenvalue weighted by Gasteiger charge is -2.03. The standard InChI is InChI=1S/C18H11Cl2N3O2S/c19-15-5-1-3-11(16(15)20)8-14-10-22-18(26-14)23-17(24)12(9-21)7-13-4-2-6-25-13/h1-7,10H,8H2,(H,22,23,24)/b12-7+. The molecule has 1 aromatic carbocycles. The zero-order valence-electron chi connectivity index (χ0n) is 13.2. The number of carbonyl (C=O) groups is 1. The van der Waals surface area contributed by atoms with E-state index in [1.54, 1.807) is 24.4 Å². The maximum atomic E-state index is 12.2. The monoisotopic (exact) mass is 403 g/mol. The number of halogens is 2. The van der Waals surface area contributed by atoms with E-state index in [9.17, 15) is 4.79 Å². The van der Waals surface area contributed by atoms with E-state index < -0.39 is 5.91 Å². The SMILES string of the molecule is N#C/C(=C\c1ccco1)C(=O)Nc1ncc(Cc2cccc(Cl)c2Cl)s1. The molecule has 0 spiro atoms. The van der Waals surface area contributed by atoms with Gasteiger partial charge in [0.05, 0.1) is 16.3 Å². The molecule has 0 atom stereocenters. The molecule has 5 nitrogen and oxygen atoms in total. The highest BCUT2D eigenvalue weighted by atomic mass is 35.5. The molecule has 2 heterocycles. The Morgan fingerprint density at radius 1 is 1.35 bits per heavy atom. The molecule has 0 bridgehead atoms. The van der Waals surface area contributed by atoms with Gasteiger partial charge in [-0.05, 0) is 23.8 Å². The minimum absolute atomic E-state index is 0.0745. The maximum Gasteiger partial charge on any atom is 0.268 e. The average molecular weight is 404 g/mol. The number of nitriles is 1. The number of nitrogens with zero attached hydrogens (tertiary/aromatic N) is 2. The third-order valence-electron chi connectivity index (χ3n) is 3.37. The summed E-state index contributed by atoms with van der Waals surface area (Å²) in [5, 5.41) is 13.2. The summed E-state index contributed by atoms with van der Waals surface area (Å²) in [7, 11) is 0. The smallest absolute Gasteiger partial charge is 0.268 e. The van der Waals surface area contributed by atoms with Gasteiger partial charge in [-0.1, -0.05) is 35.3 Å². The van der Waals surface area contributed by atoms with E-state index in [2.05, 4.69) is 10.3 Å². The highest BCUT2D eigenvalue weighted by Crippen LogP contribution is 2.29. The second kappa shape index (κ2) is 8.19. The lowest BCUT2D eigenvalue weighted by atomic mass is 10.1. The Balaban J connectivity index is 1.71. The fraction of sp³-hybridized carbons (Fsp3) is 0.0556. The van der Waals surface area contributed by atoms with Crippen molar-refractivity contribution in [3.63, 3.8) is 0 Å². The first-order valence-corrected chi connectivity index (χ1v) is 8.98. The van der Waals surface area contributed by atoms with Crippen LogP contribution in [0.1, 0.15) is 16.2 Å². The summed E-state index contributed by atoms with van der Waals surface area (Å²) in [6, 6.07) is 10.6. The highest BCUT2D eigenvalue weighted by Gasteiger charge is 2.13. The number of carbonyl (C=O) groups excluding carboxylic acids is 1. The van der Waals surface area contributed by atoms with Crippen molar-refractivity contribution in [2.75, 3.05) is 5.32 Å². The molecule has 0 saturated heterocycles. The van der Waals surface area contributed by atoms with Crippen molar-refractivity contribution in [3.05, 3.63) is 74.6 Å². The van der Waals surface area contributed by atoms with E-state index in [1.165, 1.54) is 23.7 Å². The molecule has 1 N–H and O–H groups in total.